The third-order valence-corrected chi connectivity index (χ3v) is 4.45. The molecule has 2 aromatic rings. The average molecular weight is 292 g/mol. The van der Waals surface area contributed by atoms with E-state index in [1.54, 1.807) is 0 Å². The lowest BCUT2D eigenvalue weighted by Crippen LogP contribution is -2.12. The highest BCUT2D eigenvalue weighted by Crippen LogP contribution is 2.33. The Labute approximate surface area is 122 Å². The second-order valence-corrected chi connectivity index (χ2v) is 6.21. The van der Waals surface area contributed by atoms with E-state index >= 15 is 0 Å². The molecule has 0 aromatic carbocycles. The van der Waals surface area contributed by atoms with Gasteiger partial charge in [-0.05, 0) is 37.3 Å². The van der Waals surface area contributed by atoms with Crippen molar-refractivity contribution >= 4 is 28.6 Å². The number of imidazole rings is 1. The molecule has 2 aliphatic carbocycles. The van der Waals surface area contributed by atoms with Crippen LogP contribution in [0.15, 0.2) is 6.33 Å². The molecule has 0 aliphatic heterocycles. The van der Waals surface area contributed by atoms with E-state index in [-0.39, 0.29) is 0 Å². The molecule has 0 bridgehead atoms. The number of rotatable bonds is 3. The maximum atomic E-state index is 6.09. The standard InChI is InChI=1S/C14H18ClN5/c15-14-18-12(17-9-6-7-9)11-13(19-14)20(8-16-11)10-4-2-1-3-5-10/h8-10H,1-7H2,(H,17,18,19). The van der Waals surface area contributed by atoms with Crippen LogP contribution in [0.2, 0.25) is 5.28 Å². The van der Waals surface area contributed by atoms with Crippen molar-refractivity contribution in [1.29, 1.82) is 0 Å². The van der Waals surface area contributed by atoms with Crippen molar-refractivity contribution in [2.75, 3.05) is 5.32 Å². The lowest BCUT2D eigenvalue weighted by Gasteiger charge is -2.23. The summed E-state index contributed by atoms with van der Waals surface area (Å²) in [5.41, 5.74) is 1.73. The minimum Gasteiger partial charge on any atom is -0.365 e. The summed E-state index contributed by atoms with van der Waals surface area (Å²) in [7, 11) is 0. The van der Waals surface area contributed by atoms with Crippen molar-refractivity contribution in [3.05, 3.63) is 11.6 Å². The fourth-order valence-corrected chi connectivity index (χ4v) is 3.20. The summed E-state index contributed by atoms with van der Waals surface area (Å²) in [6.45, 7) is 0. The van der Waals surface area contributed by atoms with E-state index < -0.39 is 0 Å². The van der Waals surface area contributed by atoms with Gasteiger partial charge in [0.15, 0.2) is 17.0 Å². The molecular weight excluding hydrogens is 274 g/mol. The first-order chi connectivity index (χ1) is 9.81. The van der Waals surface area contributed by atoms with Gasteiger partial charge in [-0.25, -0.2) is 4.98 Å². The number of hydrogen-bond donors (Lipinski definition) is 1. The van der Waals surface area contributed by atoms with Crippen molar-refractivity contribution in [3.8, 4) is 0 Å². The van der Waals surface area contributed by atoms with Gasteiger partial charge in [-0.3, -0.25) is 0 Å². The van der Waals surface area contributed by atoms with Crippen LogP contribution in [0.5, 0.6) is 0 Å². The number of anilines is 1. The van der Waals surface area contributed by atoms with Gasteiger partial charge in [0.05, 0.1) is 6.33 Å². The molecule has 2 saturated carbocycles. The van der Waals surface area contributed by atoms with E-state index in [0.717, 1.165) is 17.0 Å². The summed E-state index contributed by atoms with van der Waals surface area (Å²) >= 11 is 6.09. The molecule has 2 aliphatic rings. The maximum absolute atomic E-state index is 6.09. The highest BCUT2D eigenvalue weighted by molar-refractivity contribution is 6.28. The Bertz CT molecular complexity index is 628. The molecule has 0 radical (unpaired) electrons. The Morgan fingerprint density at radius 3 is 2.65 bits per heavy atom. The second kappa shape index (κ2) is 4.88. The maximum Gasteiger partial charge on any atom is 0.226 e. The van der Waals surface area contributed by atoms with Gasteiger partial charge in [-0.2, -0.15) is 9.97 Å². The number of nitrogens with one attached hydrogen (secondary N) is 1. The zero-order valence-electron chi connectivity index (χ0n) is 11.3. The molecule has 0 spiro atoms. The molecule has 0 saturated heterocycles. The average Bonchev–Trinajstić information content (AvgIpc) is 3.17. The molecule has 1 N–H and O–H groups in total. The van der Waals surface area contributed by atoms with Gasteiger partial charge in [0.2, 0.25) is 5.28 Å². The Kier molecular flexibility index (Phi) is 3.02. The first-order valence-electron chi connectivity index (χ1n) is 7.48. The summed E-state index contributed by atoms with van der Waals surface area (Å²) in [6.07, 6.45) is 10.6. The van der Waals surface area contributed by atoms with Gasteiger partial charge in [-0.15, -0.1) is 0 Å². The van der Waals surface area contributed by atoms with Crippen molar-refractivity contribution in [1.82, 2.24) is 19.5 Å². The van der Waals surface area contributed by atoms with Gasteiger partial charge in [0, 0.05) is 12.1 Å². The lowest BCUT2D eigenvalue weighted by atomic mass is 9.95. The van der Waals surface area contributed by atoms with Gasteiger partial charge >= 0.3 is 0 Å². The lowest BCUT2D eigenvalue weighted by molar-refractivity contribution is 0.358. The summed E-state index contributed by atoms with van der Waals surface area (Å²) in [4.78, 5) is 13.3. The molecule has 0 amide bonds. The van der Waals surface area contributed by atoms with Gasteiger partial charge < -0.3 is 9.88 Å². The number of halogens is 1. The largest absolute Gasteiger partial charge is 0.365 e. The van der Waals surface area contributed by atoms with E-state index in [2.05, 4.69) is 24.8 Å². The molecule has 4 rings (SSSR count). The van der Waals surface area contributed by atoms with E-state index in [4.69, 9.17) is 11.6 Å². The number of aromatic nitrogens is 4. The summed E-state index contributed by atoms with van der Waals surface area (Å²) in [6, 6.07) is 1.04. The van der Waals surface area contributed by atoms with E-state index in [1.807, 2.05) is 6.33 Å². The SMILES string of the molecule is Clc1nc(NC2CC2)c2ncn(C3CCCCC3)c2n1. The smallest absolute Gasteiger partial charge is 0.226 e. The first kappa shape index (κ1) is 12.4. The monoisotopic (exact) mass is 291 g/mol. The summed E-state index contributed by atoms with van der Waals surface area (Å²) in [5, 5.41) is 3.71. The minimum atomic E-state index is 0.304. The van der Waals surface area contributed by atoms with Crippen molar-refractivity contribution in [2.45, 2.75) is 57.0 Å². The number of nitrogens with zero attached hydrogens (tertiary/aromatic N) is 4. The predicted molar refractivity (Wildman–Crippen MR) is 79.1 cm³/mol. The van der Waals surface area contributed by atoms with Gasteiger partial charge in [0.1, 0.15) is 0 Å². The van der Waals surface area contributed by atoms with Crippen molar-refractivity contribution < 1.29 is 0 Å². The molecule has 2 aromatic heterocycles. The highest BCUT2D eigenvalue weighted by Gasteiger charge is 2.25. The van der Waals surface area contributed by atoms with Crippen LogP contribution in [-0.2, 0) is 0 Å². The van der Waals surface area contributed by atoms with E-state index in [0.29, 0.717) is 17.4 Å². The molecule has 0 atom stereocenters. The third kappa shape index (κ3) is 2.24. The second-order valence-electron chi connectivity index (χ2n) is 5.88. The number of hydrogen-bond acceptors (Lipinski definition) is 4. The topological polar surface area (TPSA) is 55.6 Å². The van der Waals surface area contributed by atoms with Crippen LogP contribution in [0.25, 0.3) is 11.2 Å². The van der Waals surface area contributed by atoms with Crippen LogP contribution in [-0.4, -0.2) is 25.6 Å². The Morgan fingerprint density at radius 1 is 1.10 bits per heavy atom. The molecular formula is C14H18ClN5. The Hall–Kier alpha value is -1.36. The predicted octanol–water partition coefficient (Wildman–Crippen LogP) is 3.56. The van der Waals surface area contributed by atoms with Crippen molar-refractivity contribution in [3.63, 3.8) is 0 Å². The Balaban J connectivity index is 1.76. The molecule has 106 valence electrons. The molecule has 6 heteroatoms. The van der Waals surface area contributed by atoms with Gasteiger partial charge in [-0.1, -0.05) is 19.3 Å². The minimum absolute atomic E-state index is 0.304. The molecule has 2 heterocycles. The molecule has 20 heavy (non-hydrogen) atoms. The quantitative estimate of drug-likeness (QED) is 0.879. The fourth-order valence-electron chi connectivity index (χ4n) is 3.04. The zero-order valence-corrected chi connectivity index (χ0v) is 12.1. The molecule has 5 nitrogen and oxygen atoms in total. The fraction of sp³-hybridized carbons (Fsp3) is 0.643. The van der Waals surface area contributed by atoms with Crippen LogP contribution in [0.4, 0.5) is 5.82 Å². The van der Waals surface area contributed by atoms with Crippen LogP contribution < -0.4 is 5.32 Å². The third-order valence-electron chi connectivity index (χ3n) is 4.28. The van der Waals surface area contributed by atoms with E-state index in [1.165, 1.54) is 44.9 Å². The molecule has 0 unspecified atom stereocenters. The van der Waals surface area contributed by atoms with Crippen LogP contribution >= 0.6 is 11.6 Å². The van der Waals surface area contributed by atoms with Crippen LogP contribution in [0, 0.1) is 0 Å². The van der Waals surface area contributed by atoms with Gasteiger partial charge in [0.25, 0.3) is 0 Å². The van der Waals surface area contributed by atoms with E-state index in [9.17, 15) is 0 Å². The van der Waals surface area contributed by atoms with Crippen molar-refractivity contribution in [2.24, 2.45) is 0 Å². The zero-order chi connectivity index (χ0) is 13.5. The summed E-state index contributed by atoms with van der Waals surface area (Å²) < 4.78 is 2.19. The Morgan fingerprint density at radius 2 is 1.90 bits per heavy atom. The highest BCUT2D eigenvalue weighted by atomic mass is 35.5. The van der Waals surface area contributed by atoms with Crippen LogP contribution in [0.1, 0.15) is 51.0 Å². The summed E-state index contributed by atoms with van der Waals surface area (Å²) in [5.74, 6) is 0.789. The van der Waals surface area contributed by atoms with Crippen LogP contribution in [0.3, 0.4) is 0 Å². The normalized spacial score (nSPS) is 20.4. The first-order valence-corrected chi connectivity index (χ1v) is 7.85. The molecule has 2 fully saturated rings. The number of fused-ring (bicyclic) bond motifs is 1.